The van der Waals surface area contributed by atoms with E-state index >= 15 is 0 Å². The minimum Gasteiger partial charge on any atom is -0.497 e. The lowest BCUT2D eigenvalue weighted by molar-refractivity contribution is 0.100. The summed E-state index contributed by atoms with van der Waals surface area (Å²) < 4.78 is 20.2. The fraction of sp³-hybridized carbons (Fsp3) is 0.158. The third kappa shape index (κ3) is 4.00. The molecular weight excluding hydrogens is 351 g/mol. The zero-order valence-corrected chi connectivity index (χ0v) is 14.8. The van der Waals surface area contributed by atoms with Crippen LogP contribution in [0, 0.1) is 5.82 Å². The number of halogens is 1. The van der Waals surface area contributed by atoms with Crippen LogP contribution in [0.2, 0.25) is 0 Å². The Morgan fingerprint density at radius 3 is 2.67 bits per heavy atom. The molecule has 3 rings (SSSR count). The number of carbonyl (C=O) groups excluding carboxylic acids is 1. The minimum atomic E-state index is -0.644. The Morgan fingerprint density at radius 1 is 1.22 bits per heavy atom. The monoisotopic (exact) mass is 368 g/mol. The molecule has 0 saturated carbocycles. The second kappa shape index (κ2) is 7.77. The predicted molar refractivity (Wildman–Crippen MR) is 98.5 cm³/mol. The summed E-state index contributed by atoms with van der Waals surface area (Å²) in [5.74, 6) is -0.555. The quantitative estimate of drug-likeness (QED) is 0.672. The number of methoxy groups -OCH3 is 1. The Kier molecular flexibility index (Phi) is 5.25. The molecule has 0 fully saturated rings. The molecule has 3 aromatic rings. The van der Waals surface area contributed by atoms with Gasteiger partial charge in [0.15, 0.2) is 5.78 Å². The van der Waals surface area contributed by atoms with Crippen LogP contribution in [0.3, 0.4) is 0 Å². The van der Waals surface area contributed by atoms with Crippen LogP contribution in [-0.2, 0) is 7.05 Å². The van der Waals surface area contributed by atoms with E-state index < -0.39 is 11.6 Å². The number of benzene rings is 1. The average Bonchev–Trinajstić information content (AvgIpc) is 2.69. The maximum Gasteiger partial charge on any atom is 0.255 e. The number of hydrogen-bond donors (Lipinski definition) is 1. The Morgan fingerprint density at radius 2 is 1.96 bits per heavy atom. The van der Waals surface area contributed by atoms with Gasteiger partial charge in [0.1, 0.15) is 11.6 Å². The molecule has 2 heterocycles. The summed E-state index contributed by atoms with van der Waals surface area (Å²) in [6.07, 6.45) is 3.19. The molecule has 0 amide bonds. The highest BCUT2D eigenvalue weighted by molar-refractivity contribution is 5.99. The lowest BCUT2D eigenvalue weighted by Gasteiger charge is -2.12. The number of aromatic nitrogens is 3. The topological polar surface area (TPSA) is 86.1 Å². The highest BCUT2D eigenvalue weighted by Gasteiger charge is 2.14. The third-order valence-corrected chi connectivity index (χ3v) is 3.99. The fourth-order valence-corrected chi connectivity index (χ4v) is 2.47. The molecule has 2 aromatic heterocycles. The van der Waals surface area contributed by atoms with Gasteiger partial charge in [-0.05, 0) is 30.3 Å². The largest absolute Gasteiger partial charge is 0.497 e. The number of carbonyl (C=O) groups is 1. The molecule has 27 heavy (non-hydrogen) atoms. The first kappa shape index (κ1) is 18.2. The van der Waals surface area contributed by atoms with Crippen molar-refractivity contribution in [2.75, 3.05) is 19.0 Å². The lowest BCUT2D eigenvalue weighted by Crippen LogP contribution is -2.25. The molecule has 0 radical (unpaired) electrons. The van der Waals surface area contributed by atoms with Crippen LogP contribution in [0.1, 0.15) is 10.4 Å². The number of anilines is 1. The number of pyridine rings is 1. The smallest absolute Gasteiger partial charge is 0.255 e. The van der Waals surface area contributed by atoms with Crippen LogP contribution < -0.4 is 15.6 Å². The van der Waals surface area contributed by atoms with Gasteiger partial charge in [-0.25, -0.2) is 9.37 Å². The van der Waals surface area contributed by atoms with E-state index in [0.29, 0.717) is 11.4 Å². The van der Waals surface area contributed by atoms with Gasteiger partial charge in [0.05, 0.1) is 24.9 Å². The molecule has 138 valence electrons. The van der Waals surface area contributed by atoms with Crippen molar-refractivity contribution in [3.05, 3.63) is 70.5 Å². The summed E-state index contributed by atoms with van der Waals surface area (Å²) >= 11 is 0. The van der Waals surface area contributed by atoms with E-state index in [2.05, 4.69) is 15.3 Å². The zero-order chi connectivity index (χ0) is 19.4. The van der Waals surface area contributed by atoms with Crippen molar-refractivity contribution >= 4 is 11.7 Å². The Labute approximate surface area is 154 Å². The van der Waals surface area contributed by atoms with Crippen molar-refractivity contribution in [2.24, 2.45) is 7.05 Å². The van der Waals surface area contributed by atoms with Crippen molar-refractivity contribution in [3.63, 3.8) is 0 Å². The molecule has 7 nitrogen and oxygen atoms in total. The molecule has 0 aliphatic rings. The Bertz CT molecular complexity index is 1030. The van der Waals surface area contributed by atoms with Gasteiger partial charge >= 0.3 is 0 Å². The van der Waals surface area contributed by atoms with Gasteiger partial charge in [-0.15, -0.1) is 0 Å². The summed E-state index contributed by atoms with van der Waals surface area (Å²) in [7, 11) is 2.97. The highest BCUT2D eigenvalue weighted by Crippen LogP contribution is 2.18. The number of ketones is 1. The summed E-state index contributed by atoms with van der Waals surface area (Å²) in [6.45, 7) is -0.232. The van der Waals surface area contributed by atoms with E-state index in [1.54, 1.807) is 24.5 Å². The molecule has 0 bridgehead atoms. The molecule has 0 unspecified atom stereocenters. The first-order valence-corrected chi connectivity index (χ1v) is 8.08. The summed E-state index contributed by atoms with van der Waals surface area (Å²) in [6, 6.07) is 8.78. The second-order valence-electron chi connectivity index (χ2n) is 5.72. The van der Waals surface area contributed by atoms with E-state index in [0.717, 1.165) is 5.56 Å². The lowest BCUT2D eigenvalue weighted by atomic mass is 10.1. The van der Waals surface area contributed by atoms with Gasteiger partial charge < -0.3 is 10.1 Å². The molecule has 0 aliphatic heterocycles. The first-order valence-electron chi connectivity index (χ1n) is 8.08. The van der Waals surface area contributed by atoms with E-state index in [9.17, 15) is 14.0 Å². The summed E-state index contributed by atoms with van der Waals surface area (Å²) in [5, 5.41) is 2.81. The normalized spacial score (nSPS) is 10.5. The van der Waals surface area contributed by atoms with Crippen molar-refractivity contribution in [3.8, 4) is 17.0 Å². The van der Waals surface area contributed by atoms with Crippen LogP contribution in [0.15, 0.2) is 53.6 Å². The SMILES string of the molecule is COc1ccc(F)c(C(=O)CNc2nc(-c3ccncc3)cc(=O)n2C)c1. The number of Topliss-reactive ketones (excluding diaryl/α,β-unsaturated/α-hetero) is 1. The van der Waals surface area contributed by atoms with Gasteiger partial charge in [0, 0.05) is 31.1 Å². The van der Waals surface area contributed by atoms with Gasteiger partial charge in [0.2, 0.25) is 5.95 Å². The van der Waals surface area contributed by atoms with Crippen LogP contribution in [0.4, 0.5) is 10.3 Å². The highest BCUT2D eigenvalue weighted by atomic mass is 19.1. The number of rotatable bonds is 6. The fourth-order valence-electron chi connectivity index (χ4n) is 2.47. The number of nitrogens with one attached hydrogen (secondary N) is 1. The van der Waals surface area contributed by atoms with Crippen LogP contribution in [-0.4, -0.2) is 34.0 Å². The second-order valence-corrected chi connectivity index (χ2v) is 5.72. The molecule has 0 aliphatic carbocycles. The molecule has 0 spiro atoms. The number of hydrogen-bond acceptors (Lipinski definition) is 6. The molecule has 1 N–H and O–H groups in total. The first-order chi connectivity index (χ1) is 13.0. The molecular formula is C19H17FN4O3. The van der Waals surface area contributed by atoms with E-state index in [1.807, 2.05) is 0 Å². The van der Waals surface area contributed by atoms with Gasteiger partial charge in [-0.3, -0.25) is 19.1 Å². The standard InChI is InChI=1S/C19H17FN4O3/c1-24-18(26)10-16(12-5-7-21-8-6-12)23-19(24)22-11-17(25)14-9-13(27-2)3-4-15(14)20/h3-10H,11H2,1-2H3,(H,22,23). The number of nitrogens with zero attached hydrogens (tertiary/aromatic N) is 3. The maximum atomic E-state index is 13.9. The third-order valence-electron chi connectivity index (χ3n) is 3.99. The van der Waals surface area contributed by atoms with E-state index in [4.69, 9.17) is 4.74 Å². The minimum absolute atomic E-state index is 0.0999. The summed E-state index contributed by atoms with van der Waals surface area (Å²) in [4.78, 5) is 32.9. The zero-order valence-electron chi connectivity index (χ0n) is 14.8. The number of ether oxygens (including phenoxy) is 1. The van der Waals surface area contributed by atoms with Gasteiger partial charge in [0.25, 0.3) is 5.56 Å². The van der Waals surface area contributed by atoms with Crippen LogP contribution >= 0.6 is 0 Å². The average molecular weight is 368 g/mol. The molecule has 0 saturated heterocycles. The Balaban J connectivity index is 1.85. The van der Waals surface area contributed by atoms with E-state index in [-0.39, 0.29) is 23.6 Å². The van der Waals surface area contributed by atoms with Crippen molar-refractivity contribution in [1.29, 1.82) is 0 Å². The molecule has 8 heteroatoms. The summed E-state index contributed by atoms with van der Waals surface area (Å²) in [5.41, 5.74) is 0.774. The van der Waals surface area contributed by atoms with Crippen molar-refractivity contribution < 1.29 is 13.9 Å². The molecule has 1 aromatic carbocycles. The van der Waals surface area contributed by atoms with Crippen molar-refractivity contribution in [2.45, 2.75) is 0 Å². The predicted octanol–water partition coefficient (Wildman–Crippen LogP) is 2.28. The molecule has 0 atom stereocenters. The van der Waals surface area contributed by atoms with Crippen molar-refractivity contribution in [1.82, 2.24) is 14.5 Å². The van der Waals surface area contributed by atoms with Gasteiger partial charge in [-0.1, -0.05) is 0 Å². The van der Waals surface area contributed by atoms with E-state index in [1.165, 1.54) is 43.0 Å². The Hall–Kier alpha value is -3.55. The maximum absolute atomic E-state index is 13.9. The van der Waals surface area contributed by atoms with Crippen LogP contribution in [0.5, 0.6) is 5.75 Å². The van der Waals surface area contributed by atoms with Crippen LogP contribution in [0.25, 0.3) is 11.3 Å². The van der Waals surface area contributed by atoms with Gasteiger partial charge in [-0.2, -0.15) is 0 Å².